The van der Waals surface area contributed by atoms with E-state index in [-0.39, 0.29) is 36.7 Å². The van der Waals surface area contributed by atoms with Gasteiger partial charge in [-0.05, 0) is 90.9 Å². The molecule has 0 bridgehead atoms. The SMILES string of the molecule is CNC(C)C(=O)NC(Cc1ccc(OCc2ccc(C(=O)OC)cc2)cc1)C(=O)N1Cc2ccccc2CC1C(=O)NC1CCCc2ccccc21. The fraction of sp³-hybridized carbons (Fsp3) is 0.333. The van der Waals surface area contributed by atoms with Crippen molar-refractivity contribution in [2.24, 2.45) is 0 Å². The van der Waals surface area contributed by atoms with Gasteiger partial charge in [0.25, 0.3) is 0 Å². The maximum Gasteiger partial charge on any atom is 0.337 e. The maximum absolute atomic E-state index is 14.6. The lowest BCUT2D eigenvalue weighted by Crippen LogP contribution is -2.59. The molecule has 4 atom stereocenters. The van der Waals surface area contributed by atoms with Crippen LogP contribution in [0.15, 0.2) is 97.1 Å². The molecule has 3 N–H and O–H groups in total. The lowest BCUT2D eigenvalue weighted by Gasteiger charge is -2.39. The molecule has 10 nitrogen and oxygen atoms in total. The highest BCUT2D eigenvalue weighted by molar-refractivity contribution is 5.94. The number of amides is 3. The van der Waals surface area contributed by atoms with Gasteiger partial charge in [-0.3, -0.25) is 14.4 Å². The average molecular weight is 703 g/mol. The number of likely N-dealkylation sites (N-methyl/N-ethyl adjacent to an activating group) is 1. The second-order valence-corrected chi connectivity index (χ2v) is 13.5. The Hall–Kier alpha value is -5.48. The van der Waals surface area contributed by atoms with Gasteiger partial charge in [0.05, 0.1) is 24.8 Å². The summed E-state index contributed by atoms with van der Waals surface area (Å²) >= 11 is 0. The fourth-order valence-corrected chi connectivity index (χ4v) is 6.97. The first-order chi connectivity index (χ1) is 25.2. The van der Waals surface area contributed by atoms with E-state index in [4.69, 9.17) is 9.47 Å². The van der Waals surface area contributed by atoms with Crippen LogP contribution in [0.1, 0.15) is 69.5 Å². The van der Waals surface area contributed by atoms with E-state index in [0.717, 1.165) is 47.1 Å². The number of fused-ring (bicyclic) bond motifs is 2. The summed E-state index contributed by atoms with van der Waals surface area (Å²) in [6.07, 6.45) is 3.40. The number of nitrogens with one attached hydrogen (secondary N) is 3. The van der Waals surface area contributed by atoms with Gasteiger partial charge in [0.2, 0.25) is 17.7 Å². The molecule has 1 aliphatic heterocycles. The average Bonchev–Trinajstić information content (AvgIpc) is 3.19. The fourth-order valence-electron chi connectivity index (χ4n) is 6.97. The summed E-state index contributed by atoms with van der Waals surface area (Å²) < 4.78 is 10.7. The highest BCUT2D eigenvalue weighted by Crippen LogP contribution is 2.31. The molecule has 3 amide bonds. The van der Waals surface area contributed by atoms with E-state index < -0.39 is 24.1 Å². The molecular formula is C42H46N4O6. The number of nitrogens with zero attached hydrogens (tertiary/aromatic N) is 1. The molecular weight excluding hydrogens is 656 g/mol. The summed E-state index contributed by atoms with van der Waals surface area (Å²) in [5, 5.41) is 9.23. The van der Waals surface area contributed by atoms with E-state index in [9.17, 15) is 19.2 Å². The Kier molecular flexibility index (Phi) is 11.7. The molecule has 52 heavy (non-hydrogen) atoms. The molecule has 4 aromatic rings. The Balaban J connectivity index is 1.20. The second kappa shape index (κ2) is 16.7. The molecule has 0 fully saturated rings. The minimum atomic E-state index is -0.917. The summed E-state index contributed by atoms with van der Waals surface area (Å²) in [6.45, 7) is 2.29. The number of methoxy groups -OCH3 is 1. The Bertz CT molecular complexity index is 1890. The first-order valence-electron chi connectivity index (χ1n) is 17.9. The molecule has 1 aliphatic carbocycles. The van der Waals surface area contributed by atoms with Crippen LogP contribution in [0, 0.1) is 0 Å². The molecule has 0 radical (unpaired) electrons. The van der Waals surface area contributed by atoms with Crippen molar-refractivity contribution in [3.63, 3.8) is 0 Å². The normalized spacial score (nSPS) is 17.5. The smallest absolute Gasteiger partial charge is 0.337 e. The summed E-state index contributed by atoms with van der Waals surface area (Å²) in [5.74, 6) is -0.585. The van der Waals surface area contributed by atoms with Crippen molar-refractivity contribution in [3.05, 3.63) is 136 Å². The number of benzene rings is 4. The first kappa shape index (κ1) is 36.3. The minimum absolute atomic E-state index is 0.126. The van der Waals surface area contributed by atoms with Gasteiger partial charge in [0, 0.05) is 19.4 Å². The van der Waals surface area contributed by atoms with E-state index in [1.807, 2.05) is 72.8 Å². The zero-order valence-corrected chi connectivity index (χ0v) is 29.9. The van der Waals surface area contributed by atoms with Gasteiger partial charge in [-0.2, -0.15) is 0 Å². The number of hydrogen-bond acceptors (Lipinski definition) is 7. The van der Waals surface area contributed by atoms with Crippen molar-refractivity contribution in [3.8, 4) is 5.75 Å². The molecule has 270 valence electrons. The van der Waals surface area contributed by atoms with Crippen LogP contribution in [-0.2, 0) is 51.5 Å². The zero-order valence-electron chi connectivity index (χ0n) is 29.9. The third kappa shape index (κ3) is 8.51. The topological polar surface area (TPSA) is 126 Å². The summed E-state index contributed by atoms with van der Waals surface area (Å²) in [5.41, 5.74) is 6.57. The number of carbonyl (C=O) groups excluding carboxylic acids is 4. The first-order valence-corrected chi connectivity index (χ1v) is 17.9. The van der Waals surface area contributed by atoms with Gasteiger partial charge in [-0.25, -0.2) is 4.79 Å². The number of carbonyl (C=O) groups is 4. The lowest BCUT2D eigenvalue weighted by molar-refractivity contribution is -0.145. The predicted octanol–water partition coefficient (Wildman–Crippen LogP) is 4.83. The molecule has 10 heteroatoms. The van der Waals surface area contributed by atoms with Crippen molar-refractivity contribution in [2.45, 2.75) is 76.3 Å². The van der Waals surface area contributed by atoms with Crippen molar-refractivity contribution in [1.29, 1.82) is 0 Å². The van der Waals surface area contributed by atoms with Crippen molar-refractivity contribution in [1.82, 2.24) is 20.9 Å². The quantitative estimate of drug-likeness (QED) is 0.181. The van der Waals surface area contributed by atoms with Gasteiger partial charge >= 0.3 is 5.97 Å². The Labute approximate surface area is 304 Å². The molecule has 0 saturated heterocycles. The summed E-state index contributed by atoms with van der Waals surface area (Å²) in [4.78, 5) is 55.4. The van der Waals surface area contributed by atoms with Crippen LogP contribution in [0.3, 0.4) is 0 Å². The lowest BCUT2D eigenvalue weighted by atomic mass is 9.87. The third-order valence-corrected chi connectivity index (χ3v) is 10.1. The minimum Gasteiger partial charge on any atom is -0.489 e. The Morgan fingerprint density at radius 3 is 2.23 bits per heavy atom. The van der Waals surface area contributed by atoms with Gasteiger partial charge in [0.1, 0.15) is 24.4 Å². The number of esters is 1. The molecule has 4 aromatic carbocycles. The highest BCUT2D eigenvalue weighted by Gasteiger charge is 2.39. The predicted molar refractivity (Wildman–Crippen MR) is 197 cm³/mol. The van der Waals surface area contributed by atoms with Crippen LogP contribution >= 0.6 is 0 Å². The monoisotopic (exact) mass is 702 g/mol. The van der Waals surface area contributed by atoms with Crippen LogP contribution in [0.2, 0.25) is 0 Å². The van der Waals surface area contributed by atoms with E-state index in [2.05, 4.69) is 28.1 Å². The Morgan fingerprint density at radius 2 is 1.52 bits per heavy atom. The van der Waals surface area contributed by atoms with E-state index in [1.165, 1.54) is 12.7 Å². The number of rotatable bonds is 12. The van der Waals surface area contributed by atoms with E-state index >= 15 is 0 Å². The maximum atomic E-state index is 14.6. The molecule has 1 heterocycles. The zero-order chi connectivity index (χ0) is 36.6. The van der Waals surface area contributed by atoms with Gasteiger partial charge in [-0.1, -0.05) is 72.8 Å². The van der Waals surface area contributed by atoms with Crippen molar-refractivity contribution < 1.29 is 28.7 Å². The van der Waals surface area contributed by atoms with Crippen LogP contribution in [0.4, 0.5) is 0 Å². The standard InChI is InChI=1S/C42H46N4O6/c1-27(43-2)39(47)45-37(23-28-17-21-34(22-18-28)52-26-29-15-19-31(20-16-29)42(50)51-3)41(49)46-25-33-11-5-4-10-32(33)24-38(46)40(48)44-36-14-8-12-30-9-6-7-13-35(30)36/h4-7,9-11,13,15-22,27,36-38,43H,8,12,14,23-26H2,1-3H3,(H,44,48)(H,45,47). The van der Waals surface area contributed by atoms with Gasteiger partial charge in [-0.15, -0.1) is 0 Å². The largest absolute Gasteiger partial charge is 0.489 e. The van der Waals surface area contributed by atoms with Crippen LogP contribution in [0.5, 0.6) is 5.75 Å². The number of ether oxygens (including phenoxy) is 2. The second-order valence-electron chi connectivity index (χ2n) is 13.5. The summed E-state index contributed by atoms with van der Waals surface area (Å²) in [7, 11) is 3.04. The van der Waals surface area contributed by atoms with Crippen LogP contribution < -0.4 is 20.7 Å². The molecule has 0 spiro atoms. The van der Waals surface area contributed by atoms with Crippen LogP contribution in [0.25, 0.3) is 0 Å². The number of hydrogen-bond donors (Lipinski definition) is 3. The summed E-state index contributed by atoms with van der Waals surface area (Å²) in [6, 6.07) is 28.2. The molecule has 2 aliphatic rings. The van der Waals surface area contributed by atoms with E-state index in [0.29, 0.717) is 24.3 Å². The van der Waals surface area contributed by atoms with Crippen LogP contribution in [-0.4, -0.2) is 60.9 Å². The number of aryl methyl sites for hydroxylation is 1. The van der Waals surface area contributed by atoms with Crippen molar-refractivity contribution in [2.75, 3.05) is 14.2 Å². The molecule has 4 unspecified atom stereocenters. The molecule has 0 saturated carbocycles. The van der Waals surface area contributed by atoms with Gasteiger partial charge in [0.15, 0.2) is 0 Å². The highest BCUT2D eigenvalue weighted by atomic mass is 16.5. The third-order valence-electron chi connectivity index (χ3n) is 10.1. The Morgan fingerprint density at radius 1 is 0.846 bits per heavy atom. The van der Waals surface area contributed by atoms with E-state index in [1.54, 1.807) is 31.0 Å². The van der Waals surface area contributed by atoms with Crippen molar-refractivity contribution >= 4 is 23.7 Å². The van der Waals surface area contributed by atoms with Gasteiger partial charge < -0.3 is 30.3 Å². The molecule has 0 aromatic heterocycles. The molecule has 6 rings (SSSR count).